The average molecular weight is 294 g/mol. The molecule has 1 fully saturated rings. The molecule has 1 saturated heterocycles. The van der Waals surface area contributed by atoms with Crippen molar-refractivity contribution in [2.45, 2.75) is 77.1 Å². The van der Waals surface area contributed by atoms with Gasteiger partial charge in [0, 0.05) is 12.1 Å². The summed E-state index contributed by atoms with van der Waals surface area (Å²) in [5, 5.41) is 2.68. The van der Waals surface area contributed by atoms with Crippen molar-refractivity contribution in [1.29, 1.82) is 0 Å². The van der Waals surface area contributed by atoms with E-state index in [0.717, 1.165) is 25.7 Å². The van der Waals surface area contributed by atoms with Crippen LogP contribution >= 0.6 is 0 Å². The molecule has 0 radical (unpaired) electrons. The van der Waals surface area contributed by atoms with E-state index in [4.69, 9.17) is 4.74 Å². The van der Waals surface area contributed by atoms with E-state index in [0.29, 0.717) is 0 Å². The highest BCUT2D eigenvalue weighted by Crippen LogP contribution is 2.28. The molecule has 118 valence electrons. The van der Waals surface area contributed by atoms with Crippen LogP contribution in [0, 0.1) is 0 Å². The van der Waals surface area contributed by atoms with E-state index in [1.807, 2.05) is 11.0 Å². The maximum atomic E-state index is 12.7. The molecule has 0 aromatic rings. The smallest absolute Gasteiger partial charge is 0.408 e. The number of carbonyl (C=O) groups excluding carboxylic acids is 2. The maximum absolute atomic E-state index is 12.7. The van der Waals surface area contributed by atoms with Gasteiger partial charge in [-0.2, -0.15) is 0 Å². The third-order valence-electron chi connectivity index (χ3n) is 3.96. The van der Waals surface area contributed by atoms with Gasteiger partial charge in [0.15, 0.2) is 0 Å². The Balaban J connectivity index is 2.06. The van der Waals surface area contributed by atoms with E-state index in [1.165, 1.54) is 0 Å². The Morgan fingerprint density at radius 3 is 2.76 bits per heavy atom. The Morgan fingerprint density at radius 2 is 2.10 bits per heavy atom. The average Bonchev–Trinajstić information content (AvgIpc) is 2.49. The fourth-order valence-electron chi connectivity index (χ4n) is 3.07. The summed E-state index contributed by atoms with van der Waals surface area (Å²) < 4.78 is 5.24. The monoisotopic (exact) mass is 294 g/mol. The number of fused-ring (bicyclic) bond motifs is 1. The van der Waals surface area contributed by atoms with E-state index in [9.17, 15) is 9.59 Å². The van der Waals surface area contributed by atoms with Gasteiger partial charge in [0.05, 0.1) is 0 Å². The van der Waals surface area contributed by atoms with Crippen molar-refractivity contribution in [3.05, 3.63) is 12.2 Å². The summed E-state index contributed by atoms with van der Waals surface area (Å²) in [7, 11) is 0. The third kappa shape index (κ3) is 3.99. The predicted octanol–water partition coefficient (Wildman–Crippen LogP) is 2.61. The molecule has 0 saturated carbocycles. The van der Waals surface area contributed by atoms with Gasteiger partial charge in [-0.15, -0.1) is 0 Å². The molecule has 0 unspecified atom stereocenters. The summed E-state index contributed by atoms with van der Waals surface area (Å²) in [6, 6.07) is -0.118. The summed E-state index contributed by atoms with van der Waals surface area (Å²) in [5.74, 6) is -0.0215. The molecule has 2 heterocycles. The van der Waals surface area contributed by atoms with E-state index >= 15 is 0 Å². The number of hydrogen-bond acceptors (Lipinski definition) is 3. The van der Waals surface area contributed by atoms with Crippen LogP contribution in [0.5, 0.6) is 0 Å². The van der Waals surface area contributed by atoms with Crippen LogP contribution in [0.4, 0.5) is 4.79 Å². The molecule has 0 bridgehead atoms. The summed E-state index contributed by atoms with van der Waals surface area (Å²) >= 11 is 0. The minimum Gasteiger partial charge on any atom is -0.444 e. The standard InChI is InChI=1S/C16H26N2O3/c1-11-7-5-8-12-9-6-10-13(14(19)18(11)12)17-15(20)21-16(2,3)4/h6,10-13H,5,7-9H2,1-4H3,(H,17,20)/t11-,12-,13+/m1/s1. The fourth-order valence-corrected chi connectivity index (χ4v) is 3.07. The van der Waals surface area contributed by atoms with Crippen LogP contribution in [0.2, 0.25) is 0 Å². The van der Waals surface area contributed by atoms with Crippen LogP contribution in [-0.2, 0) is 9.53 Å². The van der Waals surface area contributed by atoms with Crippen molar-refractivity contribution >= 4 is 12.0 Å². The van der Waals surface area contributed by atoms with Crippen LogP contribution in [-0.4, -0.2) is 40.6 Å². The van der Waals surface area contributed by atoms with Crippen molar-refractivity contribution < 1.29 is 14.3 Å². The van der Waals surface area contributed by atoms with Gasteiger partial charge >= 0.3 is 6.09 Å². The number of nitrogens with one attached hydrogen (secondary N) is 1. The zero-order valence-corrected chi connectivity index (χ0v) is 13.4. The van der Waals surface area contributed by atoms with Crippen molar-refractivity contribution in [3.63, 3.8) is 0 Å². The minimum atomic E-state index is -0.620. The van der Waals surface area contributed by atoms with E-state index < -0.39 is 17.7 Å². The molecule has 2 amide bonds. The van der Waals surface area contributed by atoms with Crippen molar-refractivity contribution in [2.24, 2.45) is 0 Å². The lowest BCUT2D eigenvalue weighted by Gasteiger charge is -2.40. The summed E-state index contributed by atoms with van der Waals surface area (Å²) in [6.45, 7) is 7.50. The van der Waals surface area contributed by atoms with Gasteiger partial charge in [-0.25, -0.2) is 4.79 Å². The largest absolute Gasteiger partial charge is 0.444 e. The minimum absolute atomic E-state index is 0.0215. The van der Waals surface area contributed by atoms with E-state index in [-0.39, 0.29) is 18.0 Å². The van der Waals surface area contributed by atoms with E-state index in [2.05, 4.69) is 12.2 Å². The van der Waals surface area contributed by atoms with Crippen LogP contribution in [0.3, 0.4) is 0 Å². The van der Waals surface area contributed by atoms with Gasteiger partial charge in [-0.05, 0) is 53.4 Å². The lowest BCUT2D eigenvalue weighted by Crippen LogP contribution is -2.55. The topological polar surface area (TPSA) is 58.6 Å². The molecule has 0 aliphatic carbocycles. The number of hydrogen-bond donors (Lipinski definition) is 1. The summed E-state index contributed by atoms with van der Waals surface area (Å²) in [6.07, 6.45) is 7.34. The molecule has 0 aromatic heterocycles. The van der Waals surface area contributed by atoms with Gasteiger partial charge < -0.3 is 15.0 Å². The molecule has 1 N–H and O–H groups in total. The predicted molar refractivity (Wildman–Crippen MR) is 80.9 cm³/mol. The number of ether oxygens (including phenoxy) is 1. The molecule has 5 nitrogen and oxygen atoms in total. The number of rotatable bonds is 1. The molecule has 0 spiro atoms. The second-order valence-electron chi connectivity index (χ2n) is 6.97. The van der Waals surface area contributed by atoms with Crippen LogP contribution in [0.15, 0.2) is 12.2 Å². The van der Waals surface area contributed by atoms with Crippen LogP contribution in [0.1, 0.15) is 53.4 Å². The zero-order chi connectivity index (χ0) is 15.6. The van der Waals surface area contributed by atoms with Gasteiger partial charge in [0.25, 0.3) is 0 Å². The van der Waals surface area contributed by atoms with Crippen molar-refractivity contribution in [3.8, 4) is 0 Å². The quantitative estimate of drug-likeness (QED) is 0.756. The first-order valence-corrected chi connectivity index (χ1v) is 7.76. The molecule has 3 atom stereocenters. The first kappa shape index (κ1) is 15.9. The molecule has 0 aromatic carbocycles. The lowest BCUT2D eigenvalue weighted by molar-refractivity contribution is -0.138. The molecular weight excluding hydrogens is 268 g/mol. The van der Waals surface area contributed by atoms with Gasteiger partial charge in [0.1, 0.15) is 11.6 Å². The van der Waals surface area contributed by atoms with Gasteiger partial charge in [-0.1, -0.05) is 12.2 Å². The summed E-state index contributed by atoms with van der Waals surface area (Å²) in [5.41, 5.74) is -0.567. The Morgan fingerprint density at radius 1 is 1.38 bits per heavy atom. The Labute approximate surface area is 126 Å². The zero-order valence-electron chi connectivity index (χ0n) is 13.4. The van der Waals surface area contributed by atoms with Crippen LogP contribution < -0.4 is 5.32 Å². The SMILES string of the molecule is C[C@@H]1CCC[C@@H]2CC=C[C@H](NC(=O)OC(C)(C)C)C(=O)N21. The Bertz CT molecular complexity index is 439. The molecule has 5 heteroatoms. The Hall–Kier alpha value is -1.52. The third-order valence-corrected chi connectivity index (χ3v) is 3.96. The normalized spacial score (nSPS) is 29.6. The number of nitrogens with zero attached hydrogens (tertiary/aromatic N) is 1. The first-order valence-electron chi connectivity index (χ1n) is 7.76. The van der Waals surface area contributed by atoms with Crippen molar-refractivity contribution in [2.75, 3.05) is 0 Å². The second kappa shape index (κ2) is 6.08. The molecule has 21 heavy (non-hydrogen) atoms. The van der Waals surface area contributed by atoms with Gasteiger partial charge in [-0.3, -0.25) is 4.79 Å². The summed E-state index contributed by atoms with van der Waals surface area (Å²) in [4.78, 5) is 26.5. The highest BCUT2D eigenvalue weighted by molar-refractivity contribution is 5.88. The highest BCUT2D eigenvalue weighted by Gasteiger charge is 2.36. The second-order valence-corrected chi connectivity index (χ2v) is 6.97. The first-order chi connectivity index (χ1) is 9.78. The lowest BCUT2D eigenvalue weighted by atomic mass is 9.94. The molecule has 2 aliphatic rings. The highest BCUT2D eigenvalue weighted by atomic mass is 16.6. The number of amides is 2. The number of carbonyl (C=O) groups is 2. The maximum Gasteiger partial charge on any atom is 0.408 e. The molecular formula is C16H26N2O3. The number of alkyl carbamates (subject to hydrolysis) is 1. The van der Waals surface area contributed by atoms with Crippen molar-refractivity contribution in [1.82, 2.24) is 10.2 Å². The number of piperidine rings is 1. The van der Waals surface area contributed by atoms with E-state index in [1.54, 1.807) is 26.8 Å². The van der Waals surface area contributed by atoms with Gasteiger partial charge in [0.2, 0.25) is 5.91 Å². The fraction of sp³-hybridized carbons (Fsp3) is 0.750. The molecule has 2 aliphatic heterocycles. The molecule has 2 rings (SSSR count). The Kier molecular flexibility index (Phi) is 4.59. The van der Waals surface area contributed by atoms with Crippen LogP contribution in [0.25, 0.3) is 0 Å².